The van der Waals surface area contributed by atoms with Crippen LogP contribution in [0.1, 0.15) is 19.3 Å². The van der Waals surface area contributed by atoms with Gasteiger partial charge >= 0.3 is 0 Å². The molecule has 0 atom stereocenters. The lowest BCUT2D eigenvalue weighted by Crippen LogP contribution is -2.40. The van der Waals surface area contributed by atoms with E-state index >= 15 is 0 Å². The number of hydrogen-bond acceptors (Lipinski definition) is 6. The highest BCUT2D eigenvalue weighted by molar-refractivity contribution is 4.62. The van der Waals surface area contributed by atoms with Crippen molar-refractivity contribution in [1.29, 1.82) is 0 Å². The van der Waals surface area contributed by atoms with E-state index in [0.29, 0.717) is 19.7 Å². The maximum Gasteiger partial charge on any atom is 0.0555 e. The molecule has 0 saturated carbocycles. The number of aliphatic hydroxyl groups excluding tert-OH is 2. The first kappa shape index (κ1) is 18.8. The maximum atomic E-state index is 8.68. The van der Waals surface area contributed by atoms with Crippen LogP contribution >= 0.6 is 0 Å². The van der Waals surface area contributed by atoms with E-state index in [1.54, 1.807) is 0 Å². The SMILES string of the molecule is NCCN(CCNCCO)CCNCCCCCO. The zero-order valence-electron chi connectivity index (χ0n) is 12.1. The van der Waals surface area contributed by atoms with Gasteiger partial charge in [-0.3, -0.25) is 4.90 Å². The lowest BCUT2D eigenvalue weighted by molar-refractivity contribution is 0.263. The van der Waals surface area contributed by atoms with Crippen LogP contribution in [-0.4, -0.2) is 80.7 Å². The summed E-state index contributed by atoms with van der Waals surface area (Å²) in [7, 11) is 0. The van der Waals surface area contributed by atoms with Gasteiger partial charge in [0.05, 0.1) is 6.61 Å². The minimum Gasteiger partial charge on any atom is -0.396 e. The van der Waals surface area contributed by atoms with E-state index in [2.05, 4.69) is 15.5 Å². The lowest BCUT2D eigenvalue weighted by atomic mass is 10.2. The number of nitrogens with one attached hydrogen (secondary N) is 2. The van der Waals surface area contributed by atoms with Gasteiger partial charge in [-0.1, -0.05) is 0 Å². The molecule has 6 N–H and O–H groups in total. The minimum absolute atomic E-state index is 0.187. The molecule has 0 aromatic rings. The summed E-state index contributed by atoms with van der Waals surface area (Å²) in [6.45, 7) is 7.55. The van der Waals surface area contributed by atoms with Crippen molar-refractivity contribution in [2.45, 2.75) is 19.3 Å². The number of rotatable bonds is 15. The average Bonchev–Trinajstić information content (AvgIpc) is 2.42. The Labute approximate surface area is 117 Å². The van der Waals surface area contributed by atoms with Crippen LogP contribution in [0.15, 0.2) is 0 Å². The van der Waals surface area contributed by atoms with E-state index in [0.717, 1.165) is 58.5 Å². The topological polar surface area (TPSA) is 93.8 Å². The van der Waals surface area contributed by atoms with Crippen LogP contribution in [0.5, 0.6) is 0 Å². The highest BCUT2D eigenvalue weighted by atomic mass is 16.3. The van der Waals surface area contributed by atoms with Gasteiger partial charge in [0.25, 0.3) is 0 Å². The summed E-state index contributed by atoms with van der Waals surface area (Å²) in [6.07, 6.45) is 3.11. The van der Waals surface area contributed by atoms with Crippen molar-refractivity contribution >= 4 is 0 Å². The number of nitrogens with zero attached hydrogens (tertiary/aromatic N) is 1. The smallest absolute Gasteiger partial charge is 0.0555 e. The van der Waals surface area contributed by atoms with E-state index in [1.165, 1.54) is 0 Å². The molecule has 0 amide bonds. The van der Waals surface area contributed by atoms with Crippen LogP contribution in [0.3, 0.4) is 0 Å². The van der Waals surface area contributed by atoms with Crippen molar-refractivity contribution in [3.8, 4) is 0 Å². The molecule has 0 aliphatic carbocycles. The fourth-order valence-corrected chi connectivity index (χ4v) is 1.86. The van der Waals surface area contributed by atoms with Crippen LogP contribution in [0, 0.1) is 0 Å². The van der Waals surface area contributed by atoms with Crippen LogP contribution in [-0.2, 0) is 0 Å². The summed E-state index contributed by atoms with van der Waals surface area (Å²) in [5.74, 6) is 0. The molecule has 116 valence electrons. The number of unbranched alkanes of at least 4 members (excludes halogenated alkanes) is 2. The Morgan fingerprint density at radius 3 is 2.00 bits per heavy atom. The fourth-order valence-electron chi connectivity index (χ4n) is 1.86. The van der Waals surface area contributed by atoms with Crippen LogP contribution in [0.2, 0.25) is 0 Å². The zero-order valence-corrected chi connectivity index (χ0v) is 12.1. The van der Waals surface area contributed by atoms with Gasteiger partial charge < -0.3 is 26.6 Å². The van der Waals surface area contributed by atoms with Gasteiger partial charge in [-0.15, -0.1) is 0 Å². The summed E-state index contributed by atoms with van der Waals surface area (Å²) in [4.78, 5) is 2.32. The van der Waals surface area contributed by atoms with E-state index in [1.807, 2.05) is 0 Å². The number of aliphatic hydroxyl groups is 2. The molecule has 19 heavy (non-hydrogen) atoms. The molecule has 0 spiro atoms. The van der Waals surface area contributed by atoms with Gasteiger partial charge in [-0.25, -0.2) is 0 Å². The highest BCUT2D eigenvalue weighted by Crippen LogP contribution is 1.92. The third-order valence-corrected chi connectivity index (χ3v) is 2.96. The van der Waals surface area contributed by atoms with E-state index in [-0.39, 0.29) is 6.61 Å². The molecular formula is C13H32N4O2. The molecule has 6 heteroatoms. The quantitative estimate of drug-likeness (QED) is 0.236. The molecule has 6 nitrogen and oxygen atoms in total. The number of nitrogens with two attached hydrogens (primary N) is 1. The third kappa shape index (κ3) is 14.0. The molecule has 0 aliphatic heterocycles. The molecule has 0 aliphatic rings. The minimum atomic E-state index is 0.187. The van der Waals surface area contributed by atoms with Crippen molar-refractivity contribution in [2.75, 3.05) is 65.6 Å². The fraction of sp³-hybridized carbons (Fsp3) is 1.00. The van der Waals surface area contributed by atoms with Crippen molar-refractivity contribution < 1.29 is 10.2 Å². The van der Waals surface area contributed by atoms with Crippen LogP contribution in [0.4, 0.5) is 0 Å². The second kappa shape index (κ2) is 15.8. The molecular weight excluding hydrogens is 244 g/mol. The standard InChI is InChI=1S/C13H32N4O2/c14-4-9-17(11-7-16-8-13-19)10-6-15-5-2-1-3-12-18/h15-16,18-19H,1-14H2. The molecule has 0 heterocycles. The Kier molecular flexibility index (Phi) is 15.6. The van der Waals surface area contributed by atoms with Gasteiger partial charge in [0.2, 0.25) is 0 Å². The zero-order chi connectivity index (χ0) is 14.2. The lowest BCUT2D eigenvalue weighted by Gasteiger charge is -2.21. The molecule has 0 rings (SSSR count). The van der Waals surface area contributed by atoms with Gasteiger partial charge in [0.1, 0.15) is 0 Å². The second-order valence-corrected chi connectivity index (χ2v) is 4.64. The third-order valence-electron chi connectivity index (χ3n) is 2.96. The van der Waals surface area contributed by atoms with Gasteiger partial charge in [0, 0.05) is 52.4 Å². The van der Waals surface area contributed by atoms with Gasteiger partial charge in [-0.2, -0.15) is 0 Å². The second-order valence-electron chi connectivity index (χ2n) is 4.64. The van der Waals surface area contributed by atoms with Crippen molar-refractivity contribution in [3.63, 3.8) is 0 Å². The van der Waals surface area contributed by atoms with Crippen molar-refractivity contribution in [1.82, 2.24) is 15.5 Å². The average molecular weight is 276 g/mol. The van der Waals surface area contributed by atoms with E-state index < -0.39 is 0 Å². The van der Waals surface area contributed by atoms with Gasteiger partial charge in [-0.05, 0) is 25.8 Å². The summed E-state index contributed by atoms with van der Waals surface area (Å²) in [5, 5.41) is 23.9. The Hall–Kier alpha value is -0.240. The van der Waals surface area contributed by atoms with Crippen LogP contribution in [0.25, 0.3) is 0 Å². The monoisotopic (exact) mass is 276 g/mol. The normalized spacial score (nSPS) is 11.4. The predicted molar refractivity (Wildman–Crippen MR) is 79.3 cm³/mol. The largest absolute Gasteiger partial charge is 0.396 e. The summed E-state index contributed by atoms with van der Waals surface area (Å²) < 4.78 is 0. The molecule has 0 unspecified atom stereocenters. The Morgan fingerprint density at radius 2 is 1.42 bits per heavy atom. The number of hydrogen-bond donors (Lipinski definition) is 5. The summed E-state index contributed by atoms with van der Waals surface area (Å²) in [6, 6.07) is 0. The first-order chi connectivity index (χ1) is 9.35. The molecule has 0 fully saturated rings. The molecule has 0 radical (unpaired) electrons. The van der Waals surface area contributed by atoms with E-state index in [9.17, 15) is 0 Å². The van der Waals surface area contributed by atoms with Crippen molar-refractivity contribution in [2.24, 2.45) is 5.73 Å². The molecule has 0 aromatic carbocycles. The Balaban J connectivity index is 3.42. The summed E-state index contributed by atoms with van der Waals surface area (Å²) >= 11 is 0. The first-order valence-electron chi connectivity index (χ1n) is 7.40. The molecule has 0 aromatic heterocycles. The Bertz CT molecular complexity index is 173. The Morgan fingerprint density at radius 1 is 0.737 bits per heavy atom. The van der Waals surface area contributed by atoms with Gasteiger partial charge in [0.15, 0.2) is 0 Å². The molecule has 0 saturated heterocycles. The molecule has 0 bridgehead atoms. The van der Waals surface area contributed by atoms with Crippen LogP contribution < -0.4 is 16.4 Å². The predicted octanol–water partition coefficient (Wildman–Crippen LogP) is -1.42. The van der Waals surface area contributed by atoms with Crippen molar-refractivity contribution in [3.05, 3.63) is 0 Å². The maximum absolute atomic E-state index is 8.68. The highest BCUT2D eigenvalue weighted by Gasteiger charge is 2.02. The van der Waals surface area contributed by atoms with E-state index in [4.69, 9.17) is 15.9 Å². The summed E-state index contributed by atoms with van der Waals surface area (Å²) in [5.41, 5.74) is 5.60. The first-order valence-corrected chi connectivity index (χ1v) is 7.40.